The molecule has 4 nitrogen and oxygen atoms in total. The molecule has 1 N–H and O–H groups in total. The van der Waals surface area contributed by atoms with E-state index in [2.05, 4.69) is 28.9 Å². The predicted octanol–water partition coefficient (Wildman–Crippen LogP) is 2.42. The lowest BCUT2D eigenvalue weighted by Gasteiger charge is -2.22. The monoisotopic (exact) mass is 330 g/mol. The van der Waals surface area contributed by atoms with Crippen LogP contribution in [0.1, 0.15) is 30.9 Å². The largest absolute Gasteiger partial charge is 0.616 e. The van der Waals surface area contributed by atoms with Crippen molar-refractivity contribution >= 4 is 16.9 Å². The van der Waals surface area contributed by atoms with Crippen LogP contribution in [-0.2, 0) is 16.0 Å². The van der Waals surface area contributed by atoms with Crippen molar-refractivity contribution in [2.75, 3.05) is 13.3 Å². The van der Waals surface area contributed by atoms with Gasteiger partial charge in [0, 0.05) is 25.5 Å². The zero-order valence-corrected chi connectivity index (χ0v) is 14.6. The van der Waals surface area contributed by atoms with E-state index in [9.17, 15) is 4.55 Å². The molecule has 1 aliphatic rings. The van der Waals surface area contributed by atoms with Gasteiger partial charge in [0.15, 0.2) is 5.25 Å². The Labute approximate surface area is 141 Å². The first kappa shape index (κ1) is 17.5. The molecule has 0 saturated heterocycles. The van der Waals surface area contributed by atoms with Crippen LogP contribution in [0.3, 0.4) is 0 Å². The molecule has 122 valence electrons. The fraction of sp³-hybridized carbons (Fsp3) is 0.389. The van der Waals surface area contributed by atoms with Crippen LogP contribution < -0.4 is 5.32 Å². The summed E-state index contributed by atoms with van der Waals surface area (Å²) in [4.78, 5) is 5.53. The molecule has 1 aromatic carbocycles. The van der Waals surface area contributed by atoms with Crippen molar-refractivity contribution in [2.24, 2.45) is 5.16 Å². The van der Waals surface area contributed by atoms with Crippen LogP contribution in [0.2, 0.25) is 0 Å². The predicted molar refractivity (Wildman–Crippen MR) is 95.7 cm³/mol. The third-order valence-electron chi connectivity index (χ3n) is 3.81. The van der Waals surface area contributed by atoms with E-state index in [1.807, 2.05) is 31.2 Å². The summed E-state index contributed by atoms with van der Waals surface area (Å²) in [6.07, 6.45) is 2.97. The molecule has 1 heterocycles. The highest BCUT2D eigenvalue weighted by Gasteiger charge is 2.31. The van der Waals surface area contributed by atoms with Crippen molar-refractivity contribution in [1.82, 2.24) is 5.32 Å². The third-order valence-corrected chi connectivity index (χ3v) is 5.09. The molecule has 1 aromatic rings. The topological polar surface area (TPSA) is 56.7 Å². The second kappa shape index (κ2) is 8.09. The minimum Gasteiger partial charge on any atom is -0.616 e. The van der Waals surface area contributed by atoms with Crippen molar-refractivity contribution in [1.29, 1.82) is 0 Å². The van der Waals surface area contributed by atoms with Crippen molar-refractivity contribution in [3.63, 3.8) is 0 Å². The van der Waals surface area contributed by atoms with Gasteiger partial charge in [-0.15, -0.1) is 5.92 Å². The van der Waals surface area contributed by atoms with Gasteiger partial charge in [-0.1, -0.05) is 29.8 Å². The van der Waals surface area contributed by atoms with Crippen molar-refractivity contribution in [3.05, 3.63) is 47.7 Å². The highest BCUT2D eigenvalue weighted by Crippen LogP contribution is 2.24. The molecule has 0 amide bonds. The fourth-order valence-corrected chi connectivity index (χ4v) is 3.50. The molecule has 3 unspecified atom stereocenters. The molecular weight excluding hydrogens is 308 g/mol. The van der Waals surface area contributed by atoms with Crippen molar-refractivity contribution < 1.29 is 9.39 Å². The van der Waals surface area contributed by atoms with Crippen LogP contribution in [-0.4, -0.2) is 34.9 Å². The summed E-state index contributed by atoms with van der Waals surface area (Å²) >= 11 is -0.999. The number of nitrogens with one attached hydrogen (secondary N) is 1. The van der Waals surface area contributed by atoms with Gasteiger partial charge in [-0.2, -0.15) is 0 Å². The van der Waals surface area contributed by atoms with Gasteiger partial charge in [0.05, 0.1) is 17.7 Å². The van der Waals surface area contributed by atoms with Gasteiger partial charge >= 0.3 is 0 Å². The maximum atomic E-state index is 11.9. The van der Waals surface area contributed by atoms with Crippen molar-refractivity contribution in [3.8, 4) is 11.8 Å². The van der Waals surface area contributed by atoms with Gasteiger partial charge in [-0.05, 0) is 35.8 Å². The first-order chi connectivity index (χ1) is 11.0. The maximum Gasteiger partial charge on any atom is 0.157 e. The molecule has 0 fully saturated rings. The van der Waals surface area contributed by atoms with Crippen LogP contribution >= 0.6 is 0 Å². The SMILES string of the molecule is C=C(NC)C(CC1CC(c2ccc(C#CC)cc2)=NO1)[S+](C)[O-]. The lowest BCUT2D eigenvalue weighted by atomic mass is 10.0. The minimum absolute atomic E-state index is 0.0703. The first-order valence-electron chi connectivity index (χ1n) is 7.49. The molecule has 1 aliphatic heterocycles. The quantitative estimate of drug-likeness (QED) is 0.644. The van der Waals surface area contributed by atoms with E-state index in [0.29, 0.717) is 12.8 Å². The molecule has 0 radical (unpaired) electrons. The van der Waals surface area contributed by atoms with Crippen LogP contribution in [0.15, 0.2) is 41.7 Å². The Hall–Kier alpha value is -1.90. The second-order valence-electron chi connectivity index (χ2n) is 5.42. The number of hydrogen-bond donors (Lipinski definition) is 1. The Morgan fingerprint density at radius 3 is 2.78 bits per heavy atom. The van der Waals surface area contributed by atoms with E-state index in [-0.39, 0.29) is 11.4 Å². The standard InChI is InChI=1S/C18H22N2O2S/c1-5-6-14-7-9-15(10-8-14)17-11-16(22-20-17)12-18(23(4)21)13(2)19-3/h7-10,16,18-19H,2,11-12H2,1,3-4H3. The second-order valence-corrected chi connectivity index (χ2v) is 6.99. The summed E-state index contributed by atoms with van der Waals surface area (Å²) < 4.78 is 11.9. The summed E-state index contributed by atoms with van der Waals surface area (Å²) in [5, 5.41) is 7.04. The molecular formula is C18H22N2O2S. The Kier molecular flexibility index (Phi) is 6.14. The highest BCUT2D eigenvalue weighted by molar-refractivity contribution is 7.91. The molecule has 0 aliphatic carbocycles. The summed E-state index contributed by atoms with van der Waals surface area (Å²) in [5.41, 5.74) is 3.71. The van der Waals surface area contributed by atoms with E-state index in [4.69, 9.17) is 4.84 Å². The number of benzene rings is 1. The molecule has 5 heteroatoms. The molecule has 0 aromatic heterocycles. The van der Waals surface area contributed by atoms with Crippen LogP contribution in [0.4, 0.5) is 0 Å². The van der Waals surface area contributed by atoms with E-state index >= 15 is 0 Å². The Balaban J connectivity index is 1.99. The summed E-state index contributed by atoms with van der Waals surface area (Å²) in [5.74, 6) is 5.90. The van der Waals surface area contributed by atoms with E-state index < -0.39 is 11.2 Å². The van der Waals surface area contributed by atoms with Crippen molar-refractivity contribution in [2.45, 2.75) is 31.1 Å². The minimum atomic E-state index is -0.999. The number of oxime groups is 1. The lowest BCUT2D eigenvalue weighted by molar-refractivity contribution is 0.0797. The summed E-state index contributed by atoms with van der Waals surface area (Å²) in [6, 6.07) is 7.97. The van der Waals surface area contributed by atoms with Gasteiger partial charge < -0.3 is 14.7 Å². The third kappa shape index (κ3) is 4.54. The lowest BCUT2D eigenvalue weighted by Crippen LogP contribution is -2.32. The summed E-state index contributed by atoms with van der Waals surface area (Å²) in [7, 11) is 1.79. The van der Waals surface area contributed by atoms with Gasteiger partial charge in [0.25, 0.3) is 0 Å². The average Bonchev–Trinajstić information content (AvgIpc) is 3.01. The maximum absolute atomic E-state index is 11.9. The van der Waals surface area contributed by atoms with E-state index in [1.165, 1.54) is 0 Å². The smallest absolute Gasteiger partial charge is 0.157 e. The first-order valence-corrected chi connectivity index (χ1v) is 9.12. The summed E-state index contributed by atoms with van der Waals surface area (Å²) in [6.45, 7) is 5.75. The zero-order chi connectivity index (χ0) is 16.8. The molecule has 0 bridgehead atoms. The number of rotatable bonds is 6. The normalized spacial score (nSPS) is 19.0. The molecule has 2 rings (SSSR count). The Bertz CT molecular complexity index is 641. The Morgan fingerprint density at radius 2 is 2.22 bits per heavy atom. The van der Waals surface area contributed by atoms with Gasteiger partial charge in [-0.3, -0.25) is 0 Å². The van der Waals surface area contributed by atoms with Gasteiger partial charge in [0.2, 0.25) is 0 Å². The van der Waals surface area contributed by atoms with Gasteiger partial charge in [0.1, 0.15) is 6.10 Å². The van der Waals surface area contributed by atoms with Crippen LogP contribution in [0, 0.1) is 11.8 Å². The molecule has 0 spiro atoms. The zero-order valence-electron chi connectivity index (χ0n) is 13.8. The fourth-order valence-electron chi connectivity index (χ4n) is 2.49. The van der Waals surface area contributed by atoms with Gasteiger partial charge in [-0.25, -0.2) is 0 Å². The average molecular weight is 330 g/mol. The van der Waals surface area contributed by atoms with Crippen LogP contribution in [0.5, 0.6) is 0 Å². The van der Waals surface area contributed by atoms with Crippen LogP contribution in [0.25, 0.3) is 0 Å². The van der Waals surface area contributed by atoms with E-state index in [0.717, 1.165) is 22.5 Å². The number of nitrogens with zero attached hydrogens (tertiary/aromatic N) is 1. The molecule has 0 saturated carbocycles. The molecule has 23 heavy (non-hydrogen) atoms. The Morgan fingerprint density at radius 1 is 1.52 bits per heavy atom. The molecule has 3 atom stereocenters. The highest BCUT2D eigenvalue weighted by atomic mass is 32.2. The number of hydrogen-bond acceptors (Lipinski definition) is 4. The van der Waals surface area contributed by atoms with E-state index in [1.54, 1.807) is 13.3 Å².